The van der Waals surface area contributed by atoms with Gasteiger partial charge in [-0.2, -0.15) is 0 Å². The Kier molecular flexibility index (Phi) is 4.24. The van der Waals surface area contributed by atoms with Gasteiger partial charge in [0.05, 0.1) is 5.75 Å². The number of hydrogen-bond acceptors (Lipinski definition) is 3. The first-order valence-corrected chi connectivity index (χ1v) is 5.54. The molecule has 0 N–H and O–H groups in total. The number of hydrogen-bond donors (Lipinski definition) is 0. The van der Waals surface area contributed by atoms with E-state index in [-0.39, 0.29) is 5.75 Å². The fraction of sp³-hybridized carbons (Fsp3) is 1.00. The van der Waals surface area contributed by atoms with Crippen LogP contribution in [0, 0.1) is 0 Å². The monoisotopic (exact) mass is 185 g/mol. The molecule has 0 aliphatic carbocycles. The molecule has 0 aromatic carbocycles. The van der Waals surface area contributed by atoms with Crippen LogP contribution in [0.3, 0.4) is 0 Å². The van der Waals surface area contributed by atoms with Gasteiger partial charge >= 0.3 is 0 Å². The van der Waals surface area contributed by atoms with Crippen LogP contribution < -0.4 is 0 Å². The van der Waals surface area contributed by atoms with Gasteiger partial charge in [-0.25, -0.2) is 8.42 Å². The fourth-order valence-electron chi connectivity index (χ4n) is 0.423. The van der Waals surface area contributed by atoms with Crippen LogP contribution in [0.1, 0.15) is 6.92 Å². The maximum atomic E-state index is 10.4. The van der Waals surface area contributed by atoms with E-state index in [1.165, 1.54) is 0 Å². The van der Waals surface area contributed by atoms with E-state index < -0.39 is 9.05 Å². The molecule has 3 nitrogen and oxygen atoms in total. The Labute approximate surface area is 66.4 Å². The summed E-state index contributed by atoms with van der Waals surface area (Å²) >= 11 is 0. The lowest BCUT2D eigenvalue weighted by Crippen LogP contribution is -2.23. The fourth-order valence-corrected chi connectivity index (χ4v) is 1.16. The van der Waals surface area contributed by atoms with Gasteiger partial charge in [0.1, 0.15) is 0 Å². The van der Waals surface area contributed by atoms with Crippen molar-refractivity contribution in [1.29, 1.82) is 0 Å². The molecule has 0 bridgehead atoms. The predicted molar refractivity (Wildman–Crippen MR) is 42.8 cm³/mol. The molecule has 0 aromatic heterocycles. The lowest BCUT2D eigenvalue weighted by molar-refractivity contribution is 0.374. The maximum absolute atomic E-state index is 10.4. The van der Waals surface area contributed by atoms with Crippen molar-refractivity contribution in [2.75, 3.05) is 25.9 Å². The third kappa shape index (κ3) is 6.32. The molecule has 0 rings (SSSR count). The summed E-state index contributed by atoms with van der Waals surface area (Å²) in [5.41, 5.74) is 0. The van der Waals surface area contributed by atoms with Gasteiger partial charge < -0.3 is 4.90 Å². The second kappa shape index (κ2) is 4.16. The highest BCUT2D eigenvalue weighted by Gasteiger charge is 2.05. The zero-order valence-corrected chi connectivity index (χ0v) is 7.74. The molecule has 0 atom stereocenters. The number of nitrogens with zero attached hydrogens (tertiary/aromatic N) is 1. The van der Waals surface area contributed by atoms with Gasteiger partial charge in [0, 0.05) is 17.2 Å². The summed E-state index contributed by atoms with van der Waals surface area (Å²) in [6.07, 6.45) is 0. The largest absolute Gasteiger partial charge is 0.306 e. The Morgan fingerprint density at radius 2 is 2.00 bits per heavy atom. The summed E-state index contributed by atoms with van der Waals surface area (Å²) in [6, 6.07) is 0. The first-order chi connectivity index (χ1) is 4.45. The number of halogens is 1. The molecular weight excluding hydrogens is 174 g/mol. The summed E-state index contributed by atoms with van der Waals surface area (Å²) in [5.74, 6) is 0.0267. The molecule has 0 unspecified atom stereocenters. The van der Waals surface area contributed by atoms with Crippen LogP contribution in [0.2, 0.25) is 0 Å². The first kappa shape index (κ1) is 10.2. The van der Waals surface area contributed by atoms with Crippen molar-refractivity contribution in [1.82, 2.24) is 4.90 Å². The standard InChI is InChI=1S/C5H12ClNO2S/c1-3-7(2)4-5-10(6,8)9/h3-5H2,1-2H3. The maximum Gasteiger partial charge on any atom is 0.233 e. The summed E-state index contributed by atoms with van der Waals surface area (Å²) in [6.45, 7) is 3.30. The normalized spacial score (nSPS) is 12.4. The molecule has 0 saturated carbocycles. The first-order valence-electron chi connectivity index (χ1n) is 3.06. The highest BCUT2D eigenvalue weighted by Crippen LogP contribution is 1.95. The lowest BCUT2D eigenvalue weighted by atomic mass is 10.6. The molecule has 0 saturated heterocycles. The molecule has 5 heteroatoms. The van der Waals surface area contributed by atoms with Crippen LogP contribution in [-0.4, -0.2) is 39.2 Å². The lowest BCUT2D eigenvalue weighted by Gasteiger charge is -2.10. The summed E-state index contributed by atoms with van der Waals surface area (Å²) in [4.78, 5) is 1.89. The summed E-state index contributed by atoms with van der Waals surface area (Å²) in [5, 5.41) is 0. The minimum absolute atomic E-state index is 0.0267. The van der Waals surface area contributed by atoms with Crippen LogP contribution in [0.4, 0.5) is 0 Å². The quantitative estimate of drug-likeness (QED) is 0.599. The van der Waals surface area contributed by atoms with Gasteiger partial charge in [-0.3, -0.25) is 0 Å². The van der Waals surface area contributed by atoms with Crippen molar-refractivity contribution in [3.8, 4) is 0 Å². The third-order valence-corrected chi connectivity index (χ3v) is 2.39. The second-order valence-electron chi connectivity index (χ2n) is 2.14. The van der Waals surface area contributed by atoms with E-state index in [0.29, 0.717) is 6.54 Å². The minimum atomic E-state index is -3.30. The molecule has 0 radical (unpaired) electrons. The molecule has 0 heterocycles. The predicted octanol–water partition coefficient (Wildman–Crippen LogP) is 0.507. The average molecular weight is 186 g/mol. The van der Waals surface area contributed by atoms with Gasteiger partial charge in [0.25, 0.3) is 0 Å². The SMILES string of the molecule is CCN(C)CCS(=O)(=O)Cl. The Hall–Kier alpha value is 0.200. The van der Waals surface area contributed by atoms with Crippen molar-refractivity contribution in [2.24, 2.45) is 0 Å². The van der Waals surface area contributed by atoms with Crippen molar-refractivity contribution in [2.45, 2.75) is 6.92 Å². The van der Waals surface area contributed by atoms with Gasteiger partial charge in [0.2, 0.25) is 9.05 Å². The average Bonchev–Trinajstić information content (AvgIpc) is 1.81. The van der Waals surface area contributed by atoms with Crippen LogP contribution in [0.25, 0.3) is 0 Å². The Balaban J connectivity index is 3.56. The summed E-state index contributed by atoms with van der Waals surface area (Å²) < 4.78 is 20.8. The van der Waals surface area contributed by atoms with Gasteiger partial charge in [-0.1, -0.05) is 6.92 Å². The second-order valence-corrected chi connectivity index (χ2v) is 5.04. The van der Waals surface area contributed by atoms with Crippen LogP contribution >= 0.6 is 10.7 Å². The minimum Gasteiger partial charge on any atom is -0.306 e. The topological polar surface area (TPSA) is 37.4 Å². The van der Waals surface area contributed by atoms with Crippen molar-refractivity contribution < 1.29 is 8.42 Å². The Morgan fingerprint density at radius 3 is 2.30 bits per heavy atom. The smallest absolute Gasteiger partial charge is 0.233 e. The van der Waals surface area contributed by atoms with E-state index in [1.54, 1.807) is 0 Å². The van der Waals surface area contributed by atoms with E-state index in [2.05, 4.69) is 0 Å². The zero-order chi connectivity index (χ0) is 8.20. The van der Waals surface area contributed by atoms with E-state index in [1.807, 2.05) is 18.9 Å². The molecule has 0 amide bonds. The molecule has 0 aromatic rings. The molecule has 0 aliphatic heterocycles. The number of rotatable bonds is 4. The van der Waals surface area contributed by atoms with Gasteiger partial charge in [-0.15, -0.1) is 0 Å². The van der Waals surface area contributed by atoms with Crippen LogP contribution in [0.15, 0.2) is 0 Å². The molecule has 0 aliphatic rings. The van der Waals surface area contributed by atoms with Crippen molar-refractivity contribution in [3.05, 3.63) is 0 Å². The zero-order valence-electron chi connectivity index (χ0n) is 6.17. The Morgan fingerprint density at radius 1 is 1.50 bits per heavy atom. The molecular formula is C5H12ClNO2S. The van der Waals surface area contributed by atoms with E-state index in [9.17, 15) is 8.42 Å². The van der Waals surface area contributed by atoms with E-state index in [0.717, 1.165) is 6.54 Å². The van der Waals surface area contributed by atoms with E-state index >= 15 is 0 Å². The van der Waals surface area contributed by atoms with Crippen molar-refractivity contribution in [3.63, 3.8) is 0 Å². The highest BCUT2D eigenvalue weighted by molar-refractivity contribution is 8.13. The van der Waals surface area contributed by atoms with Gasteiger partial charge in [-0.05, 0) is 13.6 Å². The molecule has 10 heavy (non-hydrogen) atoms. The van der Waals surface area contributed by atoms with Crippen LogP contribution in [0.5, 0.6) is 0 Å². The molecule has 0 spiro atoms. The van der Waals surface area contributed by atoms with Crippen LogP contribution in [-0.2, 0) is 9.05 Å². The van der Waals surface area contributed by atoms with E-state index in [4.69, 9.17) is 10.7 Å². The molecule has 0 fully saturated rings. The van der Waals surface area contributed by atoms with Gasteiger partial charge in [0.15, 0.2) is 0 Å². The highest BCUT2D eigenvalue weighted by atomic mass is 35.7. The molecule has 62 valence electrons. The summed E-state index contributed by atoms with van der Waals surface area (Å²) in [7, 11) is 3.53. The Bertz CT molecular complexity index is 178. The van der Waals surface area contributed by atoms with Crippen molar-refractivity contribution >= 4 is 19.7 Å². The third-order valence-electron chi connectivity index (χ3n) is 1.26.